The summed E-state index contributed by atoms with van der Waals surface area (Å²) in [5.41, 5.74) is 5.12. The Morgan fingerprint density at radius 3 is 2.87 bits per heavy atom. The number of aromatic nitrogens is 5. The minimum atomic E-state index is 0.388. The van der Waals surface area contributed by atoms with Crippen molar-refractivity contribution in [3.8, 4) is 11.1 Å². The van der Waals surface area contributed by atoms with Crippen molar-refractivity contribution < 1.29 is 4.74 Å². The molecule has 0 unspecified atom stereocenters. The van der Waals surface area contributed by atoms with Gasteiger partial charge in [0.15, 0.2) is 5.65 Å². The molecule has 0 atom stereocenters. The number of pyridine rings is 1. The number of nitrogens with one attached hydrogen (secondary N) is 2. The Balaban J connectivity index is 1.64. The Kier molecular flexibility index (Phi) is 3.49. The van der Waals surface area contributed by atoms with E-state index in [1.165, 1.54) is 0 Å². The fourth-order valence-corrected chi connectivity index (χ4v) is 3.10. The molecular weight excluding hydrogens is 292 g/mol. The molecule has 4 heterocycles. The van der Waals surface area contributed by atoms with Crippen LogP contribution < -0.4 is 5.32 Å². The third-order valence-corrected chi connectivity index (χ3v) is 4.31. The molecule has 2 N–H and O–H groups in total. The summed E-state index contributed by atoms with van der Waals surface area (Å²) in [6, 6.07) is 4.48. The van der Waals surface area contributed by atoms with Gasteiger partial charge in [-0.1, -0.05) is 0 Å². The first-order valence-electron chi connectivity index (χ1n) is 7.93. The van der Waals surface area contributed by atoms with Crippen molar-refractivity contribution in [3.05, 3.63) is 29.7 Å². The standard InChI is InChI=1S/C16H20N6O/c1-10-15(11(2)20-19-10)12-3-6-22-14(9-12)18-16(21-22)17-13-4-7-23-8-5-13/h3,6,9,13H,4-5,7-8H2,1-2H3,(H,17,21)(H,19,20). The molecule has 1 fully saturated rings. The van der Waals surface area contributed by atoms with Gasteiger partial charge >= 0.3 is 0 Å². The maximum absolute atomic E-state index is 5.38. The molecule has 3 aromatic rings. The number of hydrogen-bond donors (Lipinski definition) is 2. The van der Waals surface area contributed by atoms with Gasteiger partial charge in [0, 0.05) is 36.7 Å². The van der Waals surface area contributed by atoms with Crippen molar-refractivity contribution in [2.45, 2.75) is 32.7 Å². The molecule has 23 heavy (non-hydrogen) atoms. The molecule has 120 valence electrons. The fraction of sp³-hybridized carbons (Fsp3) is 0.438. The Morgan fingerprint density at radius 1 is 1.30 bits per heavy atom. The van der Waals surface area contributed by atoms with E-state index in [4.69, 9.17) is 4.74 Å². The van der Waals surface area contributed by atoms with Crippen molar-refractivity contribution in [3.63, 3.8) is 0 Å². The molecule has 0 bridgehead atoms. The van der Waals surface area contributed by atoms with Crippen LogP contribution in [-0.4, -0.2) is 44.1 Å². The highest BCUT2D eigenvalue weighted by Gasteiger charge is 2.16. The Morgan fingerprint density at radius 2 is 2.13 bits per heavy atom. The van der Waals surface area contributed by atoms with Crippen LogP contribution in [0.4, 0.5) is 5.95 Å². The molecule has 0 spiro atoms. The van der Waals surface area contributed by atoms with Crippen LogP contribution in [0.2, 0.25) is 0 Å². The highest BCUT2D eigenvalue weighted by Crippen LogP contribution is 2.26. The first-order valence-corrected chi connectivity index (χ1v) is 7.93. The lowest BCUT2D eigenvalue weighted by atomic mass is 10.1. The van der Waals surface area contributed by atoms with Crippen molar-refractivity contribution in [1.29, 1.82) is 0 Å². The van der Waals surface area contributed by atoms with E-state index in [1.54, 1.807) is 4.52 Å². The van der Waals surface area contributed by atoms with Crippen LogP contribution in [0.15, 0.2) is 18.3 Å². The summed E-state index contributed by atoms with van der Waals surface area (Å²) < 4.78 is 7.18. The number of H-pyrrole nitrogens is 1. The van der Waals surface area contributed by atoms with Crippen LogP contribution in [-0.2, 0) is 4.74 Å². The second kappa shape index (κ2) is 5.66. The molecular formula is C16H20N6O. The zero-order chi connectivity index (χ0) is 15.8. The molecule has 0 amide bonds. The van der Waals surface area contributed by atoms with Crippen LogP contribution >= 0.6 is 0 Å². The number of hydrogen-bond acceptors (Lipinski definition) is 5. The topological polar surface area (TPSA) is 80.1 Å². The summed E-state index contributed by atoms with van der Waals surface area (Å²) in [7, 11) is 0. The summed E-state index contributed by atoms with van der Waals surface area (Å²) in [4.78, 5) is 4.61. The number of aromatic amines is 1. The summed E-state index contributed by atoms with van der Waals surface area (Å²) in [6.07, 6.45) is 3.93. The molecule has 7 nitrogen and oxygen atoms in total. The van der Waals surface area contributed by atoms with Gasteiger partial charge in [0.1, 0.15) is 0 Å². The predicted octanol–water partition coefficient (Wildman–Crippen LogP) is 2.33. The van der Waals surface area contributed by atoms with Crippen molar-refractivity contribution in [2.75, 3.05) is 18.5 Å². The first kappa shape index (κ1) is 14.2. The van der Waals surface area contributed by atoms with Gasteiger partial charge in [0.05, 0.1) is 5.69 Å². The maximum Gasteiger partial charge on any atom is 0.243 e. The van der Waals surface area contributed by atoms with Crippen molar-refractivity contribution in [1.82, 2.24) is 24.8 Å². The highest BCUT2D eigenvalue weighted by atomic mass is 16.5. The van der Waals surface area contributed by atoms with Crippen LogP contribution in [0.25, 0.3) is 16.8 Å². The number of rotatable bonds is 3. The van der Waals surface area contributed by atoms with Crippen LogP contribution in [0.5, 0.6) is 0 Å². The average Bonchev–Trinajstić information content (AvgIpc) is 3.10. The normalized spacial score (nSPS) is 16.1. The highest BCUT2D eigenvalue weighted by molar-refractivity contribution is 5.71. The largest absolute Gasteiger partial charge is 0.381 e. The second-order valence-corrected chi connectivity index (χ2v) is 5.99. The third-order valence-electron chi connectivity index (χ3n) is 4.31. The summed E-state index contributed by atoms with van der Waals surface area (Å²) in [5.74, 6) is 0.676. The van der Waals surface area contributed by atoms with E-state index >= 15 is 0 Å². The van der Waals surface area contributed by atoms with Gasteiger partial charge in [0.2, 0.25) is 5.95 Å². The number of aryl methyl sites for hydroxylation is 2. The van der Waals surface area contributed by atoms with E-state index in [9.17, 15) is 0 Å². The van der Waals surface area contributed by atoms with E-state index in [-0.39, 0.29) is 0 Å². The number of anilines is 1. The molecule has 3 aromatic heterocycles. The maximum atomic E-state index is 5.38. The van der Waals surface area contributed by atoms with Crippen LogP contribution in [0, 0.1) is 13.8 Å². The van der Waals surface area contributed by atoms with E-state index in [2.05, 4.69) is 25.6 Å². The van der Waals surface area contributed by atoms with Crippen LogP contribution in [0.3, 0.4) is 0 Å². The Bertz CT molecular complexity index is 811. The summed E-state index contributed by atoms with van der Waals surface area (Å²) in [6.45, 7) is 5.63. The monoisotopic (exact) mass is 312 g/mol. The smallest absolute Gasteiger partial charge is 0.243 e. The van der Waals surface area contributed by atoms with E-state index in [0.29, 0.717) is 12.0 Å². The molecule has 0 saturated carbocycles. The zero-order valence-electron chi connectivity index (χ0n) is 13.3. The summed E-state index contributed by atoms with van der Waals surface area (Å²) >= 11 is 0. The van der Waals surface area contributed by atoms with Gasteiger partial charge in [-0.05, 0) is 44.4 Å². The van der Waals surface area contributed by atoms with Crippen molar-refractivity contribution in [2.24, 2.45) is 0 Å². The van der Waals surface area contributed by atoms with Gasteiger partial charge in [0.25, 0.3) is 0 Å². The van der Waals surface area contributed by atoms with Crippen LogP contribution in [0.1, 0.15) is 24.2 Å². The van der Waals surface area contributed by atoms with E-state index in [1.807, 2.05) is 32.2 Å². The Labute approximate surface area is 134 Å². The lowest BCUT2D eigenvalue weighted by molar-refractivity contribution is 0.0903. The fourth-order valence-electron chi connectivity index (χ4n) is 3.10. The second-order valence-electron chi connectivity index (χ2n) is 5.99. The number of ether oxygens (including phenoxy) is 1. The zero-order valence-corrected chi connectivity index (χ0v) is 13.3. The van der Waals surface area contributed by atoms with E-state index < -0.39 is 0 Å². The first-order chi connectivity index (χ1) is 11.2. The van der Waals surface area contributed by atoms with Gasteiger partial charge < -0.3 is 10.1 Å². The molecule has 0 aromatic carbocycles. The minimum absolute atomic E-state index is 0.388. The number of fused-ring (bicyclic) bond motifs is 1. The van der Waals surface area contributed by atoms with Gasteiger partial charge in [-0.25, -0.2) is 4.52 Å². The number of nitrogens with zero attached hydrogens (tertiary/aromatic N) is 4. The predicted molar refractivity (Wildman–Crippen MR) is 87.5 cm³/mol. The molecule has 7 heteroatoms. The molecule has 1 saturated heterocycles. The molecule has 1 aliphatic rings. The Hall–Kier alpha value is -2.41. The van der Waals surface area contributed by atoms with E-state index in [0.717, 1.165) is 54.2 Å². The SMILES string of the molecule is Cc1n[nH]c(C)c1-c1ccn2nc(NC3CCOCC3)nc2c1. The minimum Gasteiger partial charge on any atom is -0.381 e. The average molecular weight is 312 g/mol. The lowest BCUT2D eigenvalue weighted by Gasteiger charge is -2.22. The third kappa shape index (κ3) is 2.68. The quantitative estimate of drug-likeness (QED) is 0.776. The summed E-state index contributed by atoms with van der Waals surface area (Å²) in [5, 5.41) is 15.2. The van der Waals surface area contributed by atoms with Gasteiger partial charge in [-0.2, -0.15) is 10.1 Å². The van der Waals surface area contributed by atoms with Crippen molar-refractivity contribution >= 4 is 11.6 Å². The molecule has 4 rings (SSSR count). The lowest BCUT2D eigenvalue weighted by Crippen LogP contribution is -2.28. The molecule has 1 aliphatic heterocycles. The van der Waals surface area contributed by atoms with Gasteiger partial charge in [-0.3, -0.25) is 5.10 Å². The molecule has 0 radical (unpaired) electrons. The molecule has 0 aliphatic carbocycles. The van der Waals surface area contributed by atoms with Gasteiger partial charge in [-0.15, -0.1) is 5.10 Å².